The van der Waals surface area contributed by atoms with E-state index in [-0.39, 0.29) is 0 Å². The molecule has 54 heavy (non-hydrogen) atoms. The van der Waals surface area contributed by atoms with Crippen LogP contribution in [0.1, 0.15) is 0 Å². The number of furan rings is 1. The first kappa shape index (κ1) is 31.6. The van der Waals surface area contributed by atoms with Crippen LogP contribution in [-0.4, -0.2) is 0 Å². The van der Waals surface area contributed by atoms with Crippen LogP contribution >= 0.6 is 0 Å². The highest BCUT2D eigenvalue weighted by Crippen LogP contribution is 2.41. The van der Waals surface area contributed by atoms with Crippen LogP contribution in [-0.2, 0) is 0 Å². The summed E-state index contributed by atoms with van der Waals surface area (Å²) in [5.74, 6) is 0. The quantitative estimate of drug-likeness (QED) is 0.166. The molecule has 0 fully saturated rings. The molecule has 0 unspecified atom stereocenters. The van der Waals surface area contributed by atoms with Gasteiger partial charge in [-0.15, -0.1) is 0 Å². The number of nitrogens with zero attached hydrogens (tertiary/aromatic N) is 1. The Bertz CT molecular complexity index is 2910. The van der Waals surface area contributed by atoms with Crippen molar-refractivity contribution in [1.29, 1.82) is 0 Å². The molecule has 0 bridgehead atoms. The number of anilines is 3. The highest BCUT2D eigenvalue weighted by molar-refractivity contribution is 6.13. The van der Waals surface area contributed by atoms with Crippen molar-refractivity contribution in [3.05, 3.63) is 212 Å². The Labute approximate surface area is 314 Å². The number of benzene rings is 9. The molecular formula is C52H35NO. The van der Waals surface area contributed by atoms with Gasteiger partial charge in [0.25, 0.3) is 0 Å². The lowest BCUT2D eigenvalue weighted by Gasteiger charge is -2.26. The fourth-order valence-electron chi connectivity index (χ4n) is 7.76. The largest absolute Gasteiger partial charge is 0.455 e. The molecule has 0 spiro atoms. The number of hydrogen-bond acceptors (Lipinski definition) is 2. The van der Waals surface area contributed by atoms with E-state index in [1.165, 1.54) is 21.9 Å². The Morgan fingerprint density at radius 1 is 0.278 bits per heavy atom. The standard InChI is InChI=1S/C52H35NO/c1-3-13-39(14-4-1)47-20-10-22-49-50-23-11-21-48(52(50)54-51(47)49)43-17-9-16-41(35-43)37-26-30-45(31-27-37)53(44-18-5-2-6-19-44)46-32-28-38(29-33-46)42-25-24-36-12-7-8-15-40(36)34-42/h1-35H. The van der Waals surface area contributed by atoms with Crippen molar-refractivity contribution in [2.45, 2.75) is 0 Å². The molecule has 0 N–H and O–H groups in total. The second kappa shape index (κ2) is 13.4. The van der Waals surface area contributed by atoms with Crippen LogP contribution in [0.5, 0.6) is 0 Å². The Morgan fingerprint density at radius 3 is 1.39 bits per heavy atom. The second-order valence-corrected chi connectivity index (χ2v) is 13.7. The molecule has 0 saturated heterocycles. The van der Waals surface area contributed by atoms with Crippen LogP contribution in [0.3, 0.4) is 0 Å². The minimum absolute atomic E-state index is 0.911. The van der Waals surface area contributed by atoms with Crippen molar-refractivity contribution < 1.29 is 4.42 Å². The summed E-state index contributed by atoms with van der Waals surface area (Å²) in [5, 5.41) is 4.76. The summed E-state index contributed by atoms with van der Waals surface area (Å²) in [5.41, 5.74) is 14.3. The van der Waals surface area contributed by atoms with Gasteiger partial charge in [-0.2, -0.15) is 0 Å². The fourth-order valence-corrected chi connectivity index (χ4v) is 7.76. The maximum atomic E-state index is 6.74. The smallest absolute Gasteiger partial charge is 0.143 e. The molecule has 2 heteroatoms. The van der Waals surface area contributed by atoms with Gasteiger partial charge >= 0.3 is 0 Å². The van der Waals surface area contributed by atoms with Gasteiger partial charge < -0.3 is 9.32 Å². The summed E-state index contributed by atoms with van der Waals surface area (Å²) < 4.78 is 6.74. The maximum Gasteiger partial charge on any atom is 0.143 e. The van der Waals surface area contributed by atoms with Gasteiger partial charge in [0, 0.05) is 39.0 Å². The molecular weight excluding hydrogens is 655 g/mol. The Balaban J connectivity index is 0.984. The Morgan fingerprint density at radius 2 is 0.741 bits per heavy atom. The number of hydrogen-bond donors (Lipinski definition) is 0. The van der Waals surface area contributed by atoms with Crippen LogP contribution in [0.2, 0.25) is 0 Å². The van der Waals surface area contributed by atoms with E-state index in [4.69, 9.17) is 4.42 Å². The van der Waals surface area contributed by atoms with E-state index in [0.717, 1.165) is 72.4 Å². The summed E-state index contributed by atoms with van der Waals surface area (Å²) in [7, 11) is 0. The average Bonchev–Trinajstić information content (AvgIpc) is 3.64. The van der Waals surface area contributed by atoms with E-state index in [2.05, 4.69) is 211 Å². The van der Waals surface area contributed by atoms with Crippen molar-refractivity contribution in [2.75, 3.05) is 4.90 Å². The van der Waals surface area contributed by atoms with Crippen LogP contribution in [0.15, 0.2) is 217 Å². The van der Waals surface area contributed by atoms with Gasteiger partial charge in [0.15, 0.2) is 0 Å². The third-order valence-electron chi connectivity index (χ3n) is 10.5. The minimum atomic E-state index is 0.911. The summed E-state index contributed by atoms with van der Waals surface area (Å²) in [6.07, 6.45) is 0. The van der Waals surface area contributed by atoms with Crippen LogP contribution in [0, 0.1) is 0 Å². The zero-order valence-corrected chi connectivity index (χ0v) is 29.6. The average molecular weight is 690 g/mol. The third kappa shape index (κ3) is 5.71. The third-order valence-corrected chi connectivity index (χ3v) is 10.5. The summed E-state index contributed by atoms with van der Waals surface area (Å²) >= 11 is 0. The summed E-state index contributed by atoms with van der Waals surface area (Å²) in [6, 6.07) is 75.7. The predicted octanol–water partition coefficient (Wildman–Crippen LogP) is 14.9. The van der Waals surface area contributed by atoms with E-state index < -0.39 is 0 Å². The monoisotopic (exact) mass is 689 g/mol. The molecule has 0 saturated carbocycles. The van der Waals surface area contributed by atoms with E-state index >= 15 is 0 Å². The SMILES string of the molecule is c1ccc(-c2cccc3c2oc2c(-c4cccc(-c5ccc(N(c6ccccc6)c6ccc(-c7ccc8ccccc8c7)cc6)cc5)c4)cccc23)cc1. The van der Waals surface area contributed by atoms with Gasteiger partial charge in [-0.05, 0) is 92.7 Å². The van der Waals surface area contributed by atoms with Crippen LogP contribution in [0.25, 0.3) is 77.2 Å². The lowest BCUT2D eigenvalue weighted by molar-refractivity contribution is 0.671. The number of para-hydroxylation sites is 3. The zero-order chi connectivity index (χ0) is 35.8. The fraction of sp³-hybridized carbons (Fsp3) is 0. The van der Waals surface area contributed by atoms with Crippen molar-refractivity contribution in [3.63, 3.8) is 0 Å². The Kier molecular flexibility index (Phi) is 7.85. The van der Waals surface area contributed by atoms with Gasteiger partial charge in [-0.25, -0.2) is 0 Å². The van der Waals surface area contributed by atoms with Gasteiger partial charge in [-0.3, -0.25) is 0 Å². The lowest BCUT2D eigenvalue weighted by atomic mass is 9.97. The van der Waals surface area contributed by atoms with Gasteiger partial charge in [0.2, 0.25) is 0 Å². The maximum absolute atomic E-state index is 6.74. The lowest BCUT2D eigenvalue weighted by Crippen LogP contribution is -2.09. The number of fused-ring (bicyclic) bond motifs is 4. The van der Waals surface area contributed by atoms with Crippen molar-refractivity contribution >= 4 is 49.8 Å². The van der Waals surface area contributed by atoms with Gasteiger partial charge in [-0.1, -0.05) is 164 Å². The summed E-state index contributed by atoms with van der Waals surface area (Å²) in [6.45, 7) is 0. The molecule has 2 nitrogen and oxygen atoms in total. The minimum Gasteiger partial charge on any atom is -0.455 e. The second-order valence-electron chi connectivity index (χ2n) is 13.7. The molecule has 10 aromatic rings. The molecule has 9 aromatic carbocycles. The number of rotatable bonds is 7. The zero-order valence-electron chi connectivity index (χ0n) is 29.6. The molecule has 0 aliphatic carbocycles. The van der Waals surface area contributed by atoms with E-state index in [9.17, 15) is 0 Å². The van der Waals surface area contributed by atoms with Gasteiger partial charge in [0.1, 0.15) is 11.2 Å². The highest BCUT2D eigenvalue weighted by atomic mass is 16.3. The van der Waals surface area contributed by atoms with E-state index in [1.807, 2.05) is 6.07 Å². The highest BCUT2D eigenvalue weighted by Gasteiger charge is 2.17. The van der Waals surface area contributed by atoms with E-state index in [1.54, 1.807) is 0 Å². The molecule has 0 aliphatic heterocycles. The van der Waals surface area contributed by atoms with Crippen LogP contribution < -0.4 is 4.90 Å². The molecule has 0 aliphatic rings. The van der Waals surface area contributed by atoms with Crippen molar-refractivity contribution in [3.8, 4) is 44.5 Å². The molecule has 0 atom stereocenters. The predicted molar refractivity (Wildman–Crippen MR) is 228 cm³/mol. The van der Waals surface area contributed by atoms with Crippen molar-refractivity contribution in [2.24, 2.45) is 0 Å². The first-order chi connectivity index (χ1) is 26.8. The van der Waals surface area contributed by atoms with Crippen molar-refractivity contribution in [1.82, 2.24) is 0 Å². The summed E-state index contributed by atoms with van der Waals surface area (Å²) in [4.78, 5) is 2.32. The first-order valence-corrected chi connectivity index (χ1v) is 18.4. The topological polar surface area (TPSA) is 16.4 Å². The first-order valence-electron chi connectivity index (χ1n) is 18.4. The molecule has 254 valence electrons. The van der Waals surface area contributed by atoms with Gasteiger partial charge in [0.05, 0.1) is 0 Å². The van der Waals surface area contributed by atoms with E-state index in [0.29, 0.717) is 0 Å². The van der Waals surface area contributed by atoms with Crippen LogP contribution in [0.4, 0.5) is 17.1 Å². The normalized spacial score (nSPS) is 11.3. The Hall–Kier alpha value is -7.16. The molecule has 0 radical (unpaired) electrons. The molecule has 1 aromatic heterocycles. The molecule has 0 amide bonds. The molecule has 1 heterocycles. The molecule has 10 rings (SSSR count).